The first-order chi connectivity index (χ1) is 8.35. The summed E-state index contributed by atoms with van der Waals surface area (Å²) in [5.74, 6) is -2.90. The van der Waals surface area contributed by atoms with Crippen molar-refractivity contribution in [1.29, 1.82) is 0 Å². The maximum Gasteiger partial charge on any atom is 0.353 e. The minimum Gasteiger partial charge on any atom is -0.507 e. The number of methoxy groups -OCH3 is 1. The SMILES string of the molecule is COC(=O)/C(=C/c1ccccc1O)S(F)(F)(F)(F)F. The van der Waals surface area contributed by atoms with Crippen LogP contribution in [0.5, 0.6) is 5.75 Å². The van der Waals surface area contributed by atoms with Crippen LogP contribution in [0.4, 0.5) is 19.4 Å². The van der Waals surface area contributed by atoms with Crippen LogP contribution >= 0.6 is 10.2 Å². The van der Waals surface area contributed by atoms with Crippen LogP contribution in [0.3, 0.4) is 0 Å². The molecule has 0 unspecified atom stereocenters. The van der Waals surface area contributed by atoms with Crippen molar-refractivity contribution >= 4 is 22.3 Å². The summed E-state index contributed by atoms with van der Waals surface area (Å²) in [4.78, 5) is 8.22. The number of ether oxygens (including phenoxy) is 1. The molecule has 1 aromatic carbocycles. The number of esters is 1. The molecule has 1 rings (SSSR count). The minimum absolute atomic E-state index is 0.136. The van der Waals surface area contributed by atoms with Gasteiger partial charge in [-0.05, 0) is 12.1 Å². The number of carbonyl (C=O) groups is 1. The number of hydrogen-bond acceptors (Lipinski definition) is 3. The number of hydrogen-bond donors (Lipinski definition) is 1. The third kappa shape index (κ3) is 3.85. The van der Waals surface area contributed by atoms with Crippen molar-refractivity contribution in [2.24, 2.45) is 0 Å². The third-order valence-electron chi connectivity index (χ3n) is 2.03. The Hall–Kier alpha value is -1.77. The van der Waals surface area contributed by atoms with Crippen molar-refractivity contribution in [3.63, 3.8) is 0 Å². The Morgan fingerprint density at radius 1 is 1.21 bits per heavy atom. The highest BCUT2D eigenvalue weighted by Crippen LogP contribution is 3.02. The molecule has 9 heteroatoms. The molecule has 1 aromatic rings. The molecule has 0 fully saturated rings. The molecule has 0 aliphatic carbocycles. The second-order valence-corrected chi connectivity index (χ2v) is 5.91. The van der Waals surface area contributed by atoms with Crippen molar-refractivity contribution in [2.45, 2.75) is 0 Å². The first-order valence-electron chi connectivity index (χ1n) is 4.67. The van der Waals surface area contributed by atoms with Gasteiger partial charge in [-0.3, -0.25) is 0 Å². The Kier molecular flexibility index (Phi) is 3.11. The number of para-hydroxylation sites is 1. The van der Waals surface area contributed by atoms with Crippen LogP contribution in [0.15, 0.2) is 29.2 Å². The van der Waals surface area contributed by atoms with E-state index >= 15 is 0 Å². The molecule has 0 bridgehead atoms. The number of rotatable bonds is 3. The standard InChI is InChI=1S/C10H9F5O3S/c1-18-10(17)9(19(11,12,13,14)15)6-7-4-2-3-5-8(7)16/h2-6,16H,1H3/b9-6-. The highest BCUT2D eigenvalue weighted by Gasteiger charge is 2.70. The zero-order valence-corrected chi connectivity index (χ0v) is 10.3. The molecule has 0 saturated carbocycles. The van der Waals surface area contributed by atoms with E-state index in [1.807, 2.05) is 0 Å². The molecular formula is C10H9F5O3S. The highest BCUT2D eigenvalue weighted by atomic mass is 32.5. The minimum atomic E-state index is -10.2. The van der Waals surface area contributed by atoms with E-state index in [9.17, 15) is 29.3 Å². The number of benzene rings is 1. The molecule has 0 spiro atoms. The van der Waals surface area contributed by atoms with Gasteiger partial charge in [0.1, 0.15) is 5.75 Å². The molecule has 0 amide bonds. The van der Waals surface area contributed by atoms with E-state index in [2.05, 4.69) is 4.74 Å². The normalized spacial score (nSPS) is 16.4. The number of halogens is 5. The molecule has 0 atom stereocenters. The average molecular weight is 304 g/mol. The molecule has 19 heavy (non-hydrogen) atoms. The fraction of sp³-hybridized carbons (Fsp3) is 0.100. The van der Waals surface area contributed by atoms with Crippen LogP contribution in [0.2, 0.25) is 0 Å². The van der Waals surface area contributed by atoms with Crippen molar-refractivity contribution in [1.82, 2.24) is 0 Å². The van der Waals surface area contributed by atoms with E-state index in [-0.39, 0.29) is 6.08 Å². The Labute approximate surface area is 105 Å². The largest absolute Gasteiger partial charge is 0.507 e. The van der Waals surface area contributed by atoms with E-state index in [0.29, 0.717) is 7.11 Å². The summed E-state index contributed by atoms with van der Waals surface area (Å²) in [7, 11) is -9.67. The lowest BCUT2D eigenvalue weighted by atomic mass is 10.2. The van der Waals surface area contributed by atoms with Gasteiger partial charge in [0, 0.05) is 5.56 Å². The van der Waals surface area contributed by atoms with Gasteiger partial charge in [-0.1, -0.05) is 37.6 Å². The summed E-state index contributed by atoms with van der Waals surface area (Å²) < 4.78 is 67.1. The molecule has 0 saturated heterocycles. The van der Waals surface area contributed by atoms with E-state index in [1.165, 1.54) is 12.1 Å². The van der Waals surface area contributed by atoms with E-state index in [0.717, 1.165) is 12.1 Å². The zero-order chi connectivity index (χ0) is 15.0. The Morgan fingerprint density at radius 2 is 1.74 bits per heavy atom. The highest BCUT2D eigenvalue weighted by molar-refractivity contribution is 8.49. The molecule has 0 aliphatic heterocycles. The molecule has 3 nitrogen and oxygen atoms in total. The Balaban J connectivity index is 3.54. The molecule has 0 aliphatic rings. The summed E-state index contributed by atoms with van der Waals surface area (Å²) in [5, 5.41) is 9.25. The van der Waals surface area contributed by atoms with Gasteiger partial charge in [-0.15, -0.1) is 0 Å². The van der Waals surface area contributed by atoms with Gasteiger partial charge in [-0.25, -0.2) is 4.79 Å². The predicted octanol–water partition coefficient (Wildman–Crippen LogP) is 4.20. The van der Waals surface area contributed by atoms with Gasteiger partial charge < -0.3 is 9.84 Å². The van der Waals surface area contributed by atoms with E-state index in [1.54, 1.807) is 0 Å². The van der Waals surface area contributed by atoms with Crippen LogP contribution in [0, 0.1) is 0 Å². The Bertz CT molecular complexity index is 549. The number of carbonyl (C=O) groups excluding carboxylic acids is 1. The second-order valence-electron chi connectivity index (χ2n) is 3.53. The van der Waals surface area contributed by atoms with Gasteiger partial charge >= 0.3 is 16.2 Å². The van der Waals surface area contributed by atoms with E-state index < -0.39 is 32.4 Å². The van der Waals surface area contributed by atoms with Gasteiger partial charge in [0.15, 0.2) is 4.91 Å². The lowest BCUT2D eigenvalue weighted by Crippen LogP contribution is -2.18. The maximum atomic E-state index is 12.7. The van der Waals surface area contributed by atoms with E-state index in [4.69, 9.17) is 0 Å². The molecule has 0 heterocycles. The van der Waals surface area contributed by atoms with Gasteiger partial charge in [0.2, 0.25) is 0 Å². The third-order valence-corrected chi connectivity index (χ3v) is 3.14. The summed E-state index contributed by atoms with van der Waals surface area (Å²) in [6.45, 7) is 0. The topological polar surface area (TPSA) is 46.5 Å². The summed E-state index contributed by atoms with van der Waals surface area (Å²) >= 11 is 0. The van der Waals surface area contributed by atoms with Crippen LogP contribution in [-0.2, 0) is 9.53 Å². The number of phenols is 1. The number of phenolic OH excluding ortho intramolecular Hbond substituents is 1. The van der Waals surface area contributed by atoms with Crippen LogP contribution in [0.1, 0.15) is 5.56 Å². The van der Waals surface area contributed by atoms with Crippen LogP contribution in [0.25, 0.3) is 6.08 Å². The van der Waals surface area contributed by atoms with Crippen molar-refractivity contribution in [3.05, 3.63) is 34.7 Å². The molecule has 0 radical (unpaired) electrons. The van der Waals surface area contributed by atoms with Crippen LogP contribution in [-0.4, -0.2) is 18.2 Å². The maximum absolute atomic E-state index is 12.7. The lowest BCUT2D eigenvalue weighted by Gasteiger charge is -2.40. The average Bonchev–Trinajstić information content (AvgIpc) is 2.23. The van der Waals surface area contributed by atoms with Crippen molar-refractivity contribution in [2.75, 3.05) is 7.11 Å². The summed E-state index contributed by atoms with van der Waals surface area (Å²) in [6.07, 6.45) is -0.136. The smallest absolute Gasteiger partial charge is 0.353 e. The fourth-order valence-corrected chi connectivity index (χ4v) is 1.93. The van der Waals surface area contributed by atoms with Crippen molar-refractivity contribution < 1.29 is 34.1 Å². The summed E-state index contributed by atoms with van der Waals surface area (Å²) in [5.41, 5.74) is -0.573. The predicted molar refractivity (Wildman–Crippen MR) is 61.2 cm³/mol. The van der Waals surface area contributed by atoms with Gasteiger partial charge in [0.05, 0.1) is 7.11 Å². The molecule has 108 valence electrons. The molecule has 0 aromatic heterocycles. The molecular weight excluding hydrogens is 295 g/mol. The first-order valence-corrected chi connectivity index (χ1v) is 6.62. The van der Waals surface area contributed by atoms with Crippen molar-refractivity contribution in [3.8, 4) is 5.75 Å². The second kappa shape index (κ2) is 3.86. The fourth-order valence-electron chi connectivity index (χ4n) is 1.18. The first kappa shape index (κ1) is 15.3. The quantitative estimate of drug-likeness (QED) is 0.517. The number of aromatic hydroxyl groups is 1. The van der Waals surface area contributed by atoms with Crippen LogP contribution < -0.4 is 0 Å². The monoisotopic (exact) mass is 304 g/mol. The Morgan fingerprint density at radius 3 is 2.16 bits per heavy atom. The van der Waals surface area contributed by atoms with Gasteiger partial charge in [0.25, 0.3) is 0 Å². The molecule has 1 N–H and O–H groups in total. The van der Waals surface area contributed by atoms with Gasteiger partial charge in [-0.2, -0.15) is 0 Å². The lowest BCUT2D eigenvalue weighted by molar-refractivity contribution is -0.135. The summed E-state index contributed by atoms with van der Waals surface area (Å²) in [6, 6.07) is 4.43. The zero-order valence-electron chi connectivity index (χ0n) is 9.45.